The maximum atomic E-state index is 5.79. The molecule has 2 heterocycles. The highest BCUT2D eigenvalue weighted by molar-refractivity contribution is 5.25. The van der Waals surface area contributed by atoms with E-state index in [1.165, 1.54) is 51.4 Å². The molecule has 2 aliphatic carbocycles. The van der Waals surface area contributed by atoms with E-state index < -0.39 is 0 Å². The van der Waals surface area contributed by atoms with Crippen LogP contribution in [0.5, 0.6) is 0 Å². The van der Waals surface area contributed by atoms with E-state index >= 15 is 0 Å². The van der Waals surface area contributed by atoms with Crippen molar-refractivity contribution in [3.8, 4) is 0 Å². The molecule has 0 amide bonds. The number of nitrogens with one attached hydrogen (secondary N) is 1. The molecule has 0 aromatic carbocycles. The molecule has 1 aromatic rings. The molecule has 1 aromatic heterocycles. The van der Waals surface area contributed by atoms with Gasteiger partial charge in [-0.15, -0.1) is 5.10 Å². The van der Waals surface area contributed by atoms with E-state index in [0.29, 0.717) is 11.5 Å². The topological polar surface area (TPSA) is 54.2 Å². The molecule has 0 bridgehead atoms. The van der Waals surface area contributed by atoms with Gasteiger partial charge in [0.1, 0.15) is 0 Å². The Morgan fingerprint density at radius 1 is 1.10 bits per heavy atom. The van der Waals surface area contributed by atoms with Gasteiger partial charge < -0.3 is 14.6 Å². The molecule has 1 spiro atoms. The van der Waals surface area contributed by atoms with Crippen molar-refractivity contribution in [1.82, 2.24) is 15.5 Å². The Labute approximate surface area is 120 Å². The van der Waals surface area contributed by atoms with E-state index in [2.05, 4.69) is 20.4 Å². The van der Waals surface area contributed by atoms with Crippen LogP contribution in [0.3, 0.4) is 0 Å². The summed E-state index contributed by atoms with van der Waals surface area (Å²) >= 11 is 0. The van der Waals surface area contributed by atoms with Gasteiger partial charge in [-0.25, -0.2) is 0 Å². The molecular weight excluding hydrogens is 252 g/mol. The number of anilines is 1. The lowest BCUT2D eigenvalue weighted by Crippen LogP contribution is -2.39. The monoisotopic (exact) mass is 276 g/mol. The Kier molecular flexibility index (Phi) is 3.17. The molecule has 5 heteroatoms. The fourth-order valence-corrected chi connectivity index (χ4v) is 3.76. The maximum absolute atomic E-state index is 5.79. The molecule has 1 aliphatic heterocycles. The van der Waals surface area contributed by atoms with Crippen molar-refractivity contribution in [3.05, 3.63) is 5.89 Å². The first-order valence-corrected chi connectivity index (χ1v) is 8.14. The number of aromatic nitrogens is 2. The van der Waals surface area contributed by atoms with Gasteiger partial charge in [0.25, 0.3) is 0 Å². The number of nitrogens with zero attached hydrogens (tertiary/aromatic N) is 3. The zero-order chi connectivity index (χ0) is 13.4. The molecule has 1 saturated heterocycles. The van der Waals surface area contributed by atoms with Gasteiger partial charge in [0, 0.05) is 19.1 Å². The van der Waals surface area contributed by atoms with E-state index in [1.54, 1.807) is 0 Å². The summed E-state index contributed by atoms with van der Waals surface area (Å²) in [5.74, 6) is 0.730. The van der Waals surface area contributed by atoms with Crippen molar-refractivity contribution in [1.29, 1.82) is 0 Å². The number of rotatable bonds is 4. The fraction of sp³-hybridized carbons (Fsp3) is 0.867. The van der Waals surface area contributed by atoms with E-state index in [0.717, 1.165) is 31.5 Å². The highest BCUT2D eigenvalue weighted by Gasteiger charge is 2.37. The summed E-state index contributed by atoms with van der Waals surface area (Å²) < 4.78 is 5.79. The molecule has 110 valence electrons. The lowest BCUT2D eigenvalue weighted by Gasteiger charge is -2.38. The molecule has 20 heavy (non-hydrogen) atoms. The van der Waals surface area contributed by atoms with Crippen LogP contribution in [0, 0.1) is 5.41 Å². The van der Waals surface area contributed by atoms with Crippen LogP contribution in [0.4, 0.5) is 6.01 Å². The average Bonchev–Trinajstić information content (AvgIpc) is 3.00. The van der Waals surface area contributed by atoms with E-state index in [9.17, 15) is 0 Å². The number of hydrogen-bond acceptors (Lipinski definition) is 5. The van der Waals surface area contributed by atoms with Gasteiger partial charge in [0.05, 0.1) is 6.54 Å². The minimum atomic E-state index is 0.646. The third-order valence-electron chi connectivity index (χ3n) is 5.33. The summed E-state index contributed by atoms with van der Waals surface area (Å²) in [5.41, 5.74) is 0.646. The second-order valence-corrected chi connectivity index (χ2v) is 6.83. The van der Waals surface area contributed by atoms with Gasteiger partial charge in [-0.1, -0.05) is 17.9 Å². The SMILES string of the molecule is C1CCC2(C1)CCN(c1nnc(CNC3CC3)o1)CC2. The first-order valence-electron chi connectivity index (χ1n) is 8.14. The maximum Gasteiger partial charge on any atom is 0.318 e. The van der Waals surface area contributed by atoms with Crippen molar-refractivity contribution in [2.45, 2.75) is 64.0 Å². The fourth-order valence-electron chi connectivity index (χ4n) is 3.76. The molecule has 3 aliphatic rings. The smallest absolute Gasteiger partial charge is 0.318 e. The summed E-state index contributed by atoms with van der Waals surface area (Å²) in [6.45, 7) is 2.88. The molecule has 3 fully saturated rings. The van der Waals surface area contributed by atoms with Crippen molar-refractivity contribution in [3.63, 3.8) is 0 Å². The quantitative estimate of drug-likeness (QED) is 0.915. The minimum Gasteiger partial charge on any atom is -0.407 e. The van der Waals surface area contributed by atoms with E-state index in [-0.39, 0.29) is 0 Å². The van der Waals surface area contributed by atoms with Crippen LogP contribution in [0.15, 0.2) is 4.42 Å². The minimum absolute atomic E-state index is 0.646. The van der Waals surface area contributed by atoms with Crippen LogP contribution < -0.4 is 10.2 Å². The lowest BCUT2D eigenvalue weighted by atomic mass is 9.77. The Morgan fingerprint density at radius 3 is 2.55 bits per heavy atom. The lowest BCUT2D eigenvalue weighted by molar-refractivity contribution is 0.222. The van der Waals surface area contributed by atoms with E-state index in [1.807, 2.05) is 0 Å². The van der Waals surface area contributed by atoms with Crippen LogP contribution in [-0.2, 0) is 6.54 Å². The predicted molar refractivity (Wildman–Crippen MR) is 76.5 cm³/mol. The summed E-state index contributed by atoms with van der Waals surface area (Å²) in [5, 5.41) is 11.8. The van der Waals surface area contributed by atoms with Gasteiger partial charge >= 0.3 is 6.01 Å². The molecule has 4 rings (SSSR count). The van der Waals surface area contributed by atoms with E-state index in [4.69, 9.17) is 4.42 Å². The van der Waals surface area contributed by atoms with Crippen molar-refractivity contribution in [2.75, 3.05) is 18.0 Å². The van der Waals surface area contributed by atoms with Crippen molar-refractivity contribution >= 4 is 6.01 Å². The first kappa shape index (κ1) is 12.6. The Hall–Kier alpha value is -1.10. The summed E-state index contributed by atoms with van der Waals surface area (Å²) in [4.78, 5) is 2.27. The largest absolute Gasteiger partial charge is 0.407 e. The zero-order valence-corrected chi connectivity index (χ0v) is 12.1. The standard InChI is InChI=1S/C15H24N4O/c1-2-6-15(5-1)7-9-19(10-8-15)14-18-17-13(20-14)11-16-12-3-4-12/h12,16H,1-11H2. The molecule has 0 radical (unpaired) electrons. The van der Waals surface area contributed by atoms with Gasteiger partial charge in [-0.3, -0.25) is 0 Å². The molecular formula is C15H24N4O. The molecule has 5 nitrogen and oxygen atoms in total. The third-order valence-corrected chi connectivity index (χ3v) is 5.33. The van der Waals surface area contributed by atoms with Gasteiger partial charge in [-0.05, 0) is 43.9 Å². The zero-order valence-electron chi connectivity index (χ0n) is 12.1. The van der Waals surface area contributed by atoms with Gasteiger partial charge in [-0.2, -0.15) is 0 Å². The second kappa shape index (κ2) is 5.02. The molecule has 2 saturated carbocycles. The van der Waals surface area contributed by atoms with Crippen LogP contribution in [0.25, 0.3) is 0 Å². The molecule has 0 unspecified atom stereocenters. The van der Waals surface area contributed by atoms with Crippen molar-refractivity contribution < 1.29 is 4.42 Å². The summed E-state index contributed by atoms with van der Waals surface area (Å²) in [7, 11) is 0. The van der Waals surface area contributed by atoms with Crippen LogP contribution in [-0.4, -0.2) is 29.3 Å². The van der Waals surface area contributed by atoms with Gasteiger partial charge in [0.2, 0.25) is 5.89 Å². The second-order valence-electron chi connectivity index (χ2n) is 6.83. The van der Waals surface area contributed by atoms with Crippen LogP contribution in [0.1, 0.15) is 57.3 Å². The number of piperidine rings is 1. The summed E-state index contributed by atoms with van der Waals surface area (Å²) in [6.07, 6.45) is 10.9. The van der Waals surface area contributed by atoms with Crippen molar-refractivity contribution in [2.24, 2.45) is 5.41 Å². The Bertz CT molecular complexity index is 452. The molecule has 1 N–H and O–H groups in total. The van der Waals surface area contributed by atoms with Crippen LogP contribution >= 0.6 is 0 Å². The normalized spacial score (nSPS) is 25.5. The Balaban J connectivity index is 1.33. The average molecular weight is 276 g/mol. The summed E-state index contributed by atoms with van der Waals surface area (Å²) in [6, 6.07) is 1.41. The highest BCUT2D eigenvalue weighted by atomic mass is 16.4. The van der Waals surface area contributed by atoms with Gasteiger partial charge in [0.15, 0.2) is 0 Å². The predicted octanol–water partition coefficient (Wildman–Crippen LogP) is 2.48. The highest BCUT2D eigenvalue weighted by Crippen LogP contribution is 2.46. The molecule has 0 atom stereocenters. The third kappa shape index (κ3) is 2.55. The number of hydrogen-bond donors (Lipinski definition) is 1. The Morgan fingerprint density at radius 2 is 1.85 bits per heavy atom. The van der Waals surface area contributed by atoms with Crippen LogP contribution in [0.2, 0.25) is 0 Å². The first-order chi connectivity index (χ1) is 9.83.